The van der Waals surface area contributed by atoms with E-state index in [0.717, 1.165) is 6.54 Å². The summed E-state index contributed by atoms with van der Waals surface area (Å²) in [4.78, 5) is 13.2. The fraction of sp³-hybridized carbons (Fsp3) is 0.857. The molecule has 62 valence electrons. The van der Waals surface area contributed by atoms with Crippen LogP contribution in [-0.2, 0) is 9.53 Å². The van der Waals surface area contributed by atoms with Gasteiger partial charge >= 0.3 is 0 Å². The molecule has 0 aromatic carbocycles. The number of hydrogen-bond acceptors (Lipinski definition) is 3. The average Bonchev–Trinajstić information content (AvgIpc) is 1.91. The molecular weight excluding hydrogens is 144 g/mol. The monoisotopic (exact) mass is 156 g/mol. The van der Waals surface area contributed by atoms with E-state index in [4.69, 9.17) is 4.74 Å². The molecule has 2 rings (SSSR count). The maximum Gasteiger partial charge on any atom is 0.257 e. The number of hydrogen-bond donors (Lipinski definition) is 1. The summed E-state index contributed by atoms with van der Waals surface area (Å²) < 4.78 is 5.43. The van der Waals surface area contributed by atoms with Crippen molar-refractivity contribution >= 4 is 5.91 Å². The van der Waals surface area contributed by atoms with Crippen molar-refractivity contribution in [2.24, 2.45) is 0 Å². The number of rotatable bonds is 0. The van der Waals surface area contributed by atoms with Gasteiger partial charge in [-0.15, -0.1) is 0 Å². The summed E-state index contributed by atoms with van der Waals surface area (Å²) in [5.74, 6) is 0.127. The fourth-order valence-corrected chi connectivity index (χ4v) is 1.49. The van der Waals surface area contributed by atoms with Crippen LogP contribution >= 0.6 is 0 Å². The molecule has 0 aliphatic carbocycles. The first-order valence-electron chi connectivity index (χ1n) is 3.85. The van der Waals surface area contributed by atoms with Gasteiger partial charge in [-0.25, -0.2) is 0 Å². The van der Waals surface area contributed by atoms with Crippen LogP contribution in [0.1, 0.15) is 0 Å². The molecule has 0 saturated carbocycles. The lowest BCUT2D eigenvalue weighted by Gasteiger charge is -2.46. The number of nitrogens with zero attached hydrogens (tertiary/aromatic N) is 1. The first-order chi connectivity index (χ1) is 5.25. The molecule has 0 aromatic rings. The number of ether oxygens (including phenoxy) is 1. The predicted octanol–water partition coefficient (Wildman–Crippen LogP) is -1.18. The Balaban J connectivity index is 2.14. The van der Waals surface area contributed by atoms with Crippen molar-refractivity contribution in [2.45, 2.75) is 5.60 Å². The molecule has 1 spiro atoms. The second-order valence-electron chi connectivity index (χ2n) is 3.17. The summed E-state index contributed by atoms with van der Waals surface area (Å²) in [5.41, 5.74) is -0.493. The summed E-state index contributed by atoms with van der Waals surface area (Å²) in [6.45, 7) is 2.75. The Bertz CT molecular complexity index is 189. The first kappa shape index (κ1) is 7.06. The Kier molecular flexibility index (Phi) is 1.40. The van der Waals surface area contributed by atoms with Crippen molar-refractivity contribution in [1.29, 1.82) is 0 Å². The predicted molar refractivity (Wildman–Crippen MR) is 39.2 cm³/mol. The molecule has 0 bridgehead atoms. The van der Waals surface area contributed by atoms with Gasteiger partial charge in [0, 0.05) is 26.7 Å². The second kappa shape index (κ2) is 2.19. The zero-order valence-corrected chi connectivity index (χ0v) is 6.59. The van der Waals surface area contributed by atoms with Gasteiger partial charge in [-0.1, -0.05) is 0 Å². The van der Waals surface area contributed by atoms with Crippen LogP contribution in [0.4, 0.5) is 0 Å². The van der Waals surface area contributed by atoms with E-state index in [2.05, 4.69) is 5.32 Å². The molecule has 2 aliphatic rings. The highest BCUT2D eigenvalue weighted by atomic mass is 16.5. The van der Waals surface area contributed by atoms with Crippen LogP contribution in [0, 0.1) is 0 Å². The lowest BCUT2D eigenvalue weighted by molar-refractivity contribution is -0.177. The Morgan fingerprint density at radius 1 is 1.64 bits per heavy atom. The van der Waals surface area contributed by atoms with Crippen LogP contribution < -0.4 is 5.32 Å². The smallest absolute Gasteiger partial charge is 0.257 e. The lowest BCUT2D eigenvalue weighted by Crippen LogP contribution is -2.71. The van der Waals surface area contributed by atoms with Crippen molar-refractivity contribution in [1.82, 2.24) is 10.2 Å². The molecule has 2 saturated heterocycles. The van der Waals surface area contributed by atoms with Crippen LogP contribution in [0.25, 0.3) is 0 Å². The number of amides is 1. The molecule has 1 amide bonds. The lowest BCUT2D eigenvalue weighted by atomic mass is 9.94. The summed E-state index contributed by atoms with van der Waals surface area (Å²) in [5, 5.41) is 3.05. The van der Waals surface area contributed by atoms with Crippen LogP contribution in [0.2, 0.25) is 0 Å². The maximum absolute atomic E-state index is 11.5. The van der Waals surface area contributed by atoms with Gasteiger partial charge in [-0.3, -0.25) is 4.79 Å². The standard InChI is InChI=1S/C7H12N2O2/c1-9-2-3-11-7(6(9)10)4-8-5-7/h8H,2-5H2,1H3. The van der Waals surface area contributed by atoms with Gasteiger partial charge in [0.05, 0.1) is 6.61 Å². The zero-order chi connectivity index (χ0) is 7.90. The van der Waals surface area contributed by atoms with E-state index in [1.165, 1.54) is 0 Å². The molecule has 2 aliphatic heterocycles. The van der Waals surface area contributed by atoms with E-state index in [9.17, 15) is 4.79 Å². The highest BCUT2D eigenvalue weighted by Gasteiger charge is 2.49. The topological polar surface area (TPSA) is 41.6 Å². The molecule has 4 heteroatoms. The highest BCUT2D eigenvalue weighted by molar-refractivity contribution is 5.87. The Morgan fingerprint density at radius 3 is 2.82 bits per heavy atom. The minimum Gasteiger partial charge on any atom is -0.361 e. The molecule has 11 heavy (non-hydrogen) atoms. The Hall–Kier alpha value is -0.610. The molecule has 2 fully saturated rings. The van der Waals surface area contributed by atoms with Gasteiger partial charge in [0.25, 0.3) is 5.91 Å². The molecule has 2 heterocycles. The highest BCUT2D eigenvalue weighted by Crippen LogP contribution is 2.22. The van der Waals surface area contributed by atoms with Crippen molar-refractivity contribution in [3.05, 3.63) is 0 Å². The molecule has 0 radical (unpaired) electrons. The van der Waals surface area contributed by atoms with E-state index in [-0.39, 0.29) is 5.91 Å². The van der Waals surface area contributed by atoms with E-state index < -0.39 is 5.60 Å². The normalized spacial score (nSPS) is 28.8. The number of carbonyl (C=O) groups is 1. The van der Waals surface area contributed by atoms with Crippen molar-refractivity contribution < 1.29 is 9.53 Å². The number of morpholine rings is 1. The van der Waals surface area contributed by atoms with Crippen LogP contribution in [-0.4, -0.2) is 49.7 Å². The number of carbonyl (C=O) groups excluding carboxylic acids is 1. The minimum atomic E-state index is -0.493. The second-order valence-corrected chi connectivity index (χ2v) is 3.17. The van der Waals surface area contributed by atoms with Crippen LogP contribution in [0.15, 0.2) is 0 Å². The third-order valence-corrected chi connectivity index (χ3v) is 2.36. The fourth-order valence-electron chi connectivity index (χ4n) is 1.49. The van der Waals surface area contributed by atoms with Crippen LogP contribution in [0.5, 0.6) is 0 Å². The zero-order valence-electron chi connectivity index (χ0n) is 6.59. The summed E-state index contributed by atoms with van der Waals surface area (Å²) in [6, 6.07) is 0. The van der Waals surface area contributed by atoms with Gasteiger partial charge in [0.2, 0.25) is 0 Å². The van der Waals surface area contributed by atoms with Gasteiger partial charge in [-0.2, -0.15) is 0 Å². The summed E-state index contributed by atoms with van der Waals surface area (Å²) in [7, 11) is 1.82. The number of nitrogens with one attached hydrogen (secondary N) is 1. The van der Waals surface area contributed by atoms with Crippen LogP contribution in [0.3, 0.4) is 0 Å². The summed E-state index contributed by atoms with van der Waals surface area (Å²) in [6.07, 6.45) is 0. The Morgan fingerprint density at radius 2 is 2.36 bits per heavy atom. The molecular formula is C7H12N2O2. The van der Waals surface area contributed by atoms with Gasteiger partial charge in [0.1, 0.15) is 0 Å². The number of likely N-dealkylation sites (N-methyl/N-ethyl adjacent to an activating group) is 1. The molecule has 0 unspecified atom stereocenters. The van der Waals surface area contributed by atoms with E-state index >= 15 is 0 Å². The molecule has 0 atom stereocenters. The first-order valence-corrected chi connectivity index (χ1v) is 3.85. The van der Waals surface area contributed by atoms with E-state index in [1.807, 2.05) is 7.05 Å². The van der Waals surface area contributed by atoms with Crippen molar-refractivity contribution in [2.75, 3.05) is 33.3 Å². The third kappa shape index (κ3) is 0.862. The van der Waals surface area contributed by atoms with E-state index in [0.29, 0.717) is 19.7 Å². The van der Waals surface area contributed by atoms with Gasteiger partial charge in [-0.05, 0) is 0 Å². The SMILES string of the molecule is CN1CCOC2(CNC2)C1=O. The molecule has 0 aromatic heterocycles. The third-order valence-electron chi connectivity index (χ3n) is 2.36. The molecule has 4 nitrogen and oxygen atoms in total. The molecule has 1 N–H and O–H groups in total. The largest absolute Gasteiger partial charge is 0.361 e. The maximum atomic E-state index is 11.5. The van der Waals surface area contributed by atoms with Gasteiger partial charge in [0.15, 0.2) is 5.60 Å². The van der Waals surface area contributed by atoms with Gasteiger partial charge < -0.3 is 15.0 Å². The quantitative estimate of drug-likeness (QED) is 0.480. The van der Waals surface area contributed by atoms with Crippen molar-refractivity contribution in [3.63, 3.8) is 0 Å². The van der Waals surface area contributed by atoms with E-state index in [1.54, 1.807) is 4.90 Å². The Labute approximate surface area is 65.5 Å². The summed E-state index contributed by atoms with van der Waals surface area (Å²) >= 11 is 0. The van der Waals surface area contributed by atoms with Crippen molar-refractivity contribution in [3.8, 4) is 0 Å². The minimum absolute atomic E-state index is 0.127. The average molecular weight is 156 g/mol.